The lowest BCUT2D eigenvalue weighted by atomic mass is 10.1. The van der Waals surface area contributed by atoms with Gasteiger partial charge in [0.1, 0.15) is 13.2 Å². The van der Waals surface area contributed by atoms with Crippen LogP contribution in [0.5, 0.6) is 11.5 Å². The molecule has 1 aliphatic carbocycles. The minimum atomic E-state index is -0.300. The highest BCUT2D eigenvalue weighted by atomic mass is 79.9. The van der Waals surface area contributed by atoms with Gasteiger partial charge in [-0.05, 0) is 36.1 Å². The van der Waals surface area contributed by atoms with Gasteiger partial charge >= 0.3 is 0 Å². The molecular formula is C26H26BrN3O5. The molecule has 9 heteroatoms. The van der Waals surface area contributed by atoms with E-state index in [0.29, 0.717) is 50.3 Å². The first-order chi connectivity index (χ1) is 17.1. The summed E-state index contributed by atoms with van der Waals surface area (Å²) in [4.78, 5) is 32.0. The third kappa shape index (κ3) is 5.67. The van der Waals surface area contributed by atoms with Gasteiger partial charge < -0.3 is 24.1 Å². The predicted octanol–water partition coefficient (Wildman–Crippen LogP) is 4.09. The van der Waals surface area contributed by atoms with Gasteiger partial charge in [0.15, 0.2) is 17.9 Å². The number of aromatic nitrogens is 1. The van der Waals surface area contributed by atoms with Crippen molar-refractivity contribution in [2.75, 3.05) is 26.3 Å². The molecule has 35 heavy (non-hydrogen) atoms. The maximum atomic E-state index is 13.4. The van der Waals surface area contributed by atoms with E-state index in [0.717, 1.165) is 34.1 Å². The summed E-state index contributed by atoms with van der Waals surface area (Å²) in [7, 11) is 0. The number of amides is 2. The minimum absolute atomic E-state index is 0.0567. The second-order valence-electron chi connectivity index (χ2n) is 8.66. The number of nitrogens with one attached hydrogen (secondary N) is 1. The monoisotopic (exact) mass is 539 g/mol. The van der Waals surface area contributed by atoms with E-state index in [9.17, 15) is 9.59 Å². The summed E-state index contributed by atoms with van der Waals surface area (Å²) in [6.07, 6.45) is 3.56. The predicted molar refractivity (Wildman–Crippen MR) is 132 cm³/mol. The van der Waals surface area contributed by atoms with Crippen LogP contribution in [0.4, 0.5) is 0 Å². The molecule has 0 atom stereocenters. The number of nitrogens with zero attached hydrogens (tertiary/aromatic N) is 2. The lowest BCUT2D eigenvalue weighted by Gasteiger charge is -2.24. The highest BCUT2D eigenvalue weighted by Crippen LogP contribution is 2.40. The second kappa shape index (κ2) is 10.5. The minimum Gasteiger partial charge on any atom is -0.486 e. The number of fused-ring (bicyclic) bond motifs is 1. The second-order valence-corrected chi connectivity index (χ2v) is 9.52. The van der Waals surface area contributed by atoms with Crippen LogP contribution >= 0.6 is 15.9 Å². The van der Waals surface area contributed by atoms with E-state index in [-0.39, 0.29) is 24.0 Å². The maximum Gasteiger partial charge on any atom is 0.289 e. The Kier molecular flexibility index (Phi) is 7.03. The van der Waals surface area contributed by atoms with Crippen LogP contribution in [0.1, 0.15) is 46.1 Å². The van der Waals surface area contributed by atoms with E-state index in [4.69, 9.17) is 13.9 Å². The number of hydrogen-bond acceptors (Lipinski definition) is 6. The molecule has 2 aliphatic rings. The Balaban J connectivity index is 1.26. The van der Waals surface area contributed by atoms with E-state index in [1.165, 1.54) is 6.39 Å². The lowest BCUT2D eigenvalue weighted by Crippen LogP contribution is -2.39. The first-order valence-electron chi connectivity index (χ1n) is 11.7. The van der Waals surface area contributed by atoms with E-state index in [1.54, 1.807) is 4.90 Å². The summed E-state index contributed by atoms with van der Waals surface area (Å²) < 4.78 is 17.4. The largest absolute Gasteiger partial charge is 0.486 e. The van der Waals surface area contributed by atoms with Gasteiger partial charge in [0.05, 0.1) is 12.1 Å². The number of rotatable bonds is 9. The average molecular weight is 540 g/mol. The summed E-state index contributed by atoms with van der Waals surface area (Å²) in [5.41, 5.74) is 2.56. The molecule has 2 aromatic carbocycles. The zero-order chi connectivity index (χ0) is 24.2. The van der Waals surface area contributed by atoms with Crippen LogP contribution in [0.3, 0.4) is 0 Å². The normalized spacial score (nSPS) is 14.4. The molecule has 0 spiro atoms. The van der Waals surface area contributed by atoms with Gasteiger partial charge in [-0.15, -0.1) is 0 Å². The van der Waals surface area contributed by atoms with E-state index in [2.05, 4.69) is 26.2 Å². The molecular weight excluding hydrogens is 514 g/mol. The van der Waals surface area contributed by atoms with Crippen molar-refractivity contribution < 1.29 is 23.5 Å². The molecule has 1 N–H and O–H groups in total. The van der Waals surface area contributed by atoms with E-state index < -0.39 is 0 Å². The van der Waals surface area contributed by atoms with Gasteiger partial charge in [-0.2, -0.15) is 0 Å². The summed E-state index contributed by atoms with van der Waals surface area (Å²) >= 11 is 3.56. The first kappa shape index (κ1) is 23.4. The molecule has 0 radical (unpaired) electrons. The molecule has 182 valence electrons. The summed E-state index contributed by atoms with van der Waals surface area (Å²) in [5, 5.41) is 2.88. The summed E-state index contributed by atoms with van der Waals surface area (Å²) in [5.74, 6) is 1.54. The number of ether oxygens (including phenoxy) is 2. The Morgan fingerprint density at radius 1 is 1.09 bits per heavy atom. The number of carbonyl (C=O) groups is 2. The molecule has 5 rings (SSSR count). The Morgan fingerprint density at radius 2 is 1.83 bits per heavy atom. The summed E-state index contributed by atoms with van der Waals surface area (Å²) in [6.45, 7) is 2.08. The van der Waals surface area contributed by atoms with Crippen molar-refractivity contribution >= 4 is 27.7 Å². The molecule has 3 aromatic rings. The van der Waals surface area contributed by atoms with Crippen LogP contribution in [-0.4, -0.2) is 48.0 Å². The fourth-order valence-corrected chi connectivity index (χ4v) is 4.53. The molecule has 0 bridgehead atoms. The van der Waals surface area contributed by atoms with Crippen LogP contribution in [0.15, 0.2) is 57.7 Å². The van der Waals surface area contributed by atoms with E-state index in [1.807, 2.05) is 42.5 Å². The van der Waals surface area contributed by atoms with E-state index >= 15 is 0 Å². The molecule has 2 heterocycles. The smallest absolute Gasteiger partial charge is 0.289 e. The van der Waals surface area contributed by atoms with Crippen LogP contribution in [0.25, 0.3) is 0 Å². The van der Waals surface area contributed by atoms with Crippen molar-refractivity contribution in [1.29, 1.82) is 0 Å². The number of hydrogen-bond donors (Lipinski definition) is 1. The standard InChI is InChI=1S/C26H26BrN3O5/c27-20-14-22-21(33-10-11-34-22)12-19(20)13-23(31)30(15-17-4-2-1-3-5-17)9-8-28-26(32)25-24(18-6-7-18)29-16-35-25/h1-5,12,14,16,18H,6-11,13,15H2,(H,28,32). The molecule has 1 fully saturated rings. The Bertz CT molecular complexity index is 1210. The maximum absolute atomic E-state index is 13.4. The van der Waals surface area contributed by atoms with Crippen LogP contribution in [0.2, 0.25) is 0 Å². The van der Waals surface area contributed by atoms with Gasteiger partial charge in [-0.3, -0.25) is 9.59 Å². The number of benzene rings is 2. The average Bonchev–Trinajstić information content (AvgIpc) is 3.60. The van der Waals surface area contributed by atoms with Crippen molar-refractivity contribution in [2.24, 2.45) is 0 Å². The Hall–Kier alpha value is -3.33. The quantitative estimate of drug-likeness (QED) is 0.440. The Labute approximate surface area is 211 Å². The Morgan fingerprint density at radius 3 is 2.57 bits per heavy atom. The lowest BCUT2D eigenvalue weighted by molar-refractivity contribution is -0.131. The molecule has 1 aromatic heterocycles. The van der Waals surface area contributed by atoms with Crippen LogP contribution in [-0.2, 0) is 17.8 Å². The van der Waals surface area contributed by atoms with Crippen LogP contribution < -0.4 is 14.8 Å². The number of oxazole rings is 1. The number of carbonyl (C=O) groups excluding carboxylic acids is 2. The fraction of sp³-hybridized carbons (Fsp3) is 0.346. The van der Waals surface area contributed by atoms with Crippen molar-refractivity contribution in [2.45, 2.75) is 31.7 Å². The molecule has 2 amide bonds. The zero-order valence-electron chi connectivity index (χ0n) is 19.2. The highest BCUT2D eigenvalue weighted by Gasteiger charge is 2.32. The SMILES string of the molecule is O=C(NCCN(Cc1ccccc1)C(=O)Cc1cc2c(cc1Br)OCCO2)c1ocnc1C1CC1. The van der Waals surface area contributed by atoms with Gasteiger partial charge in [0.2, 0.25) is 11.7 Å². The summed E-state index contributed by atoms with van der Waals surface area (Å²) in [6, 6.07) is 13.5. The van der Waals surface area contributed by atoms with Crippen molar-refractivity contribution in [3.63, 3.8) is 0 Å². The van der Waals surface area contributed by atoms with Crippen LogP contribution in [0, 0.1) is 0 Å². The van der Waals surface area contributed by atoms with Gasteiger partial charge in [-0.25, -0.2) is 4.98 Å². The van der Waals surface area contributed by atoms with Crippen molar-refractivity contribution in [3.8, 4) is 11.5 Å². The third-order valence-electron chi connectivity index (χ3n) is 6.05. The molecule has 0 saturated heterocycles. The number of halogens is 1. The van der Waals surface area contributed by atoms with Gasteiger partial charge in [0.25, 0.3) is 5.91 Å². The van der Waals surface area contributed by atoms with Gasteiger partial charge in [0, 0.05) is 30.0 Å². The molecule has 0 unspecified atom stereocenters. The zero-order valence-corrected chi connectivity index (χ0v) is 20.8. The third-order valence-corrected chi connectivity index (χ3v) is 6.79. The molecule has 8 nitrogen and oxygen atoms in total. The van der Waals surface area contributed by atoms with Gasteiger partial charge in [-0.1, -0.05) is 46.3 Å². The molecule has 1 saturated carbocycles. The topological polar surface area (TPSA) is 93.9 Å². The molecule has 1 aliphatic heterocycles. The highest BCUT2D eigenvalue weighted by molar-refractivity contribution is 9.10. The first-order valence-corrected chi connectivity index (χ1v) is 12.5. The van der Waals surface area contributed by atoms with Crippen molar-refractivity contribution in [3.05, 3.63) is 75.9 Å². The fourth-order valence-electron chi connectivity index (χ4n) is 4.07. The van der Waals surface area contributed by atoms with Crippen molar-refractivity contribution in [1.82, 2.24) is 15.2 Å².